The minimum absolute atomic E-state index is 0. The predicted molar refractivity (Wildman–Crippen MR) is 283 cm³/mol. The van der Waals surface area contributed by atoms with Crippen molar-refractivity contribution in [3.8, 4) is 11.5 Å². The smallest absolute Gasteiger partial charge is 0.179 e. The Hall–Kier alpha value is -3.20. The van der Waals surface area contributed by atoms with Crippen LogP contribution in [0.25, 0.3) is 0 Å². The van der Waals surface area contributed by atoms with E-state index in [1.165, 1.54) is 38.8 Å². The highest BCUT2D eigenvalue weighted by Crippen LogP contribution is 2.46. The van der Waals surface area contributed by atoms with Gasteiger partial charge in [-0.2, -0.15) is 0 Å². The van der Waals surface area contributed by atoms with E-state index in [-0.39, 0.29) is 36.3 Å². The number of unbranched alkanes of at least 4 members (excludes halogenated alkanes) is 7. The molecule has 4 atom stereocenters. The molecule has 0 saturated carbocycles. The van der Waals surface area contributed by atoms with E-state index in [4.69, 9.17) is 9.47 Å². The van der Waals surface area contributed by atoms with Crippen molar-refractivity contribution in [2.24, 2.45) is 10.8 Å². The number of halogens is 2. The third-order valence-corrected chi connectivity index (χ3v) is 19.5. The van der Waals surface area contributed by atoms with Crippen molar-refractivity contribution in [2.75, 3.05) is 79.1 Å². The van der Waals surface area contributed by atoms with Gasteiger partial charge in [-0.3, -0.25) is 0 Å². The average molecular weight is 1070 g/mol. The van der Waals surface area contributed by atoms with Crippen molar-refractivity contribution in [1.82, 2.24) is 0 Å². The van der Waals surface area contributed by atoms with E-state index in [1.807, 2.05) is 114 Å². The highest BCUT2D eigenvalue weighted by atomic mass is 35.5. The summed E-state index contributed by atoms with van der Waals surface area (Å²) in [6.07, 6.45) is 9.83. The Morgan fingerprint density at radius 1 is 0.486 bits per heavy atom. The quantitative estimate of drug-likeness (QED) is 0.0827. The van der Waals surface area contributed by atoms with E-state index >= 15 is 0 Å². The number of ether oxygens (including phenoxy) is 2. The van der Waals surface area contributed by atoms with E-state index in [0.717, 1.165) is 94.3 Å². The highest BCUT2D eigenvalue weighted by Gasteiger charge is 2.46. The zero-order valence-electron chi connectivity index (χ0n) is 44.9. The monoisotopic (exact) mass is 1070 g/mol. The second kappa shape index (κ2) is 25.6. The molecule has 4 aromatic carbocycles. The van der Waals surface area contributed by atoms with Gasteiger partial charge in [0.1, 0.15) is 11.5 Å². The number of benzene rings is 4. The van der Waals surface area contributed by atoms with Crippen molar-refractivity contribution in [2.45, 2.75) is 140 Å². The first kappa shape index (κ1) is 61.3. The van der Waals surface area contributed by atoms with Gasteiger partial charge in [0, 0.05) is 22.7 Å². The van der Waals surface area contributed by atoms with Gasteiger partial charge in [0.05, 0.1) is 101 Å². The lowest BCUT2D eigenvalue weighted by molar-refractivity contribution is -0.891. The number of hydrogen-bond donors (Lipinski definition) is 2. The van der Waals surface area contributed by atoms with Gasteiger partial charge in [-0.25, -0.2) is 16.8 Å². The minimum atomic E-state index is -3.55. The van der Waals surface area contributed by atoms with Crippen LogP contribution in [0, 0.1) is 24.7 Å². The lowest BCUT2D eigenvalue weighted by atomic mass is 9.75. The number of fused-ring (bicyclic) bond motifs is 2. The van der Waals surface area contributed by atoms with Crippen LogP contribution >= 0.6 is 0 Å². The van der Waals surface area contributed by atoms with Crippen LogP contribution in [0.1, 0.15) is 137 Å². The normalized spacial score (nSPS) is 20.9. The molecule has 0 aliphatic carbocycles. The predicted octanol–water partition coefficient (Wildman–Crippen LogP) is 4.44. The van der Waals surface area contributed by atoms with Crippen LogP contribution in [0.5, 0.6) is 11.5 Å². The first-order chi connectivity index (χ1) is 32.8. The highest BCUT2D eigenvalue weighted by molar-refractivity contribution is 7.91. The lowest BCUT2D eigenvalue weighted by Gasteiger charge is -2.33. The Morgan fingerprint density at radius 2 is 0.792 bits per heavy atom. The van der Waals surface area contributed by atoms with E-state index in [9.17, 15) is 27.0 Å². The summed E-state index contributed by atoms with van der Waals surface area (Å²) in [5, 5.41) is 23.1. The van der Waals surface area contributed by atoms with Crippen LogP contribution in [-0.4, -0.2) is 127 Å². The summed E-state index contributed by atoms with van der Waals surface area (Å²) in [6.45, 7) is 17.2. The number of rotatable bonds is 23. The number of aliphatic hydroxyl groups excluding tert-OH is 2. The van der Waals surface area contributed by atoms with Gasteiger partial charge >= 0.3 is 0 Å². The Labute approximate surface area is 446 Å². The molecular weight excluding hydrogens is 988 g/mol. The molecule has 72 heavy (non-hydrogen) atoms. The van der Waals surface area contributed by atoms with Crippen LogP contribution in [0.15, 0.2) is 94.7 Å². The van der Waals surface area contributed by atoms with Crippen molar-refractivity contribution < 1.29 is 70.3 Å². The number of quaternary nitrogens is 2. The summed E-state index contributed by atoms with van der Waals surface area (Å²) >= 11 is 0. The van der Waals surface area contributed by atoms with Gasteiger partial charge in [0.15, 0.2) is 19.7 Å². The first-order valence-electron chi connectivity index (χ1n) is 25.9. The van der Waals surface area contributed by atoms with Gasteiger partial charge in [-0.15, -0.1) is 0 Å². The van der Waals surface area contributed by atoms with Gasteiger partial charge in [0.25, 0.3) is 0 Å². The van der Waals surface area contributed by atoms with Crippen molar-refractivity contribution in [3.63, 3.8) is 0 Å². The Balaban J connectivity index is 0.00000562. The third-order valence-electron chi connectivity index (χ3n) is 15.1. The number of sulfone groups is 2. The summed E-state index contributed by atoms with van der Waals surface area (Å²) in [4.78, 5) is 0.640. The van der Waals surface area contributed by atoms with E-state index in [2.05, 4.69) is 28.2 Å². The maximum atomic E-state index is 13.3. The molecular formula is C58H86Cl2N2O8S2. The lowest BCUT2D eigenvalue weighted by Crippen LogP contribution is -3.00. The molecule has 4 aromatic rings. The van der Waals surface area contributed by atoms with Crippen LogP contribution in [-0.2, 0) is 19.7 Å². The molecule has 0 fully saturated rings. The standard InChI is InChI=1S/C58H86N2O8S2.2ClH/c1-43-21-31-51-49(39-43)53(55(61)57(3,4)41-69(51,63)64)45-23-27-47(28-24-45)67-37-19-13-17-35-59(7,8)33-15-11-12-16-34-60(9,10)36-18-14-20-38-68-48-29-25-46(26-30-48)54-50-40-44(2)22-32-52(50)70(65,66)42-58(5,6)56(54)62;;/h21-32,39-40,53-56,61-62H,11-20,33-38,41-42H2,1-10H3;2*1H/q+2;;/p-2/t53-,54-,55-,56-;;/m1../s1. The fourth-order valence-electron chi connectivity index (χ4n) is 10.9. The maximum absolute atomic E-state index is 13.3. The molecule has 0 bridgehead atoms. The molecule has 0 amide bonds. The van der Waals surface area contributed by atoms with Gasteiger partial charge in [-0.1, -0.05) is 87.4 Å². The summed E-state index contributed by atoms with van der Waals surface area (Å²) in [7, 11) is 2.31. The molecule has 6 rings (SSSR count). The molecule has 2 N–H and O–H groups in total. The molecule has 0 spiro atoms. The van der Waals surface area contributed by atoms with Gasteiger partial charge in [0.2, 0.25) is 0 Å². The number of aryl methyl sites for hydroxylation is 2. The number of hydrogen-bond acceptors (Lipinski definition) is 8. The van der Waals surface area contributed by atoms with Crippen LogP contribution in [0.3, 0.4) is 0 Å². The van der Waals surface area contributed by atoms with Crippen molar-refractivity contribution in [3.05, 3.63) is 118 Å². The van der Waals surface area contributed by atoms with Gasteiger partial charge in [-0.05, 0) is 137 Å². The summed E-state index contributed by atoms with van der Waals surface area (Å²) < 4.78 is 67.7. The number of nitrogens with zero attached hydrogens (tertiary/aromatic N) is 2. The molecule has 0 unspecified atom stereocenters. The Bertz CT molecular complexity index is 2400. The molecule has 2 aliphatic rings. The second-order valence-corrected chi connectivity index (χ2v) is 27.5. The SMILES string of the molecule is Cc1ccc2c(c1)[C@@H](c1ccc(OCCCCC[N+](C)(C)CCCCCC[N+](C)(C)CCCCCOc3ccc([C@@H]4c5cc(C)ccc5S(=O)(=O)CC(C)(C)[C@@H]4O)cc3)cc1)[C@@H](O)C(C)(C)CS2(=O)=O.[Cl-].[Cl-]. The molecule has 2 aliphatic heterocycles. The average Bonchev–Trinajstić information content (AvgIpc) is 3.37. The molecule has 0 saturated heterocycles. The molecule has 0 radical (unpaired) electrons. The van der Waals surface area contributed by atoms with Crippen molar-refractivity contribution >= 4 is 19.7 Å². The summed E-state index contributed by atoms with van der Waals surface area (Å²) in [5.41, 5.74) is 3.42. The first-order valence-corrected chi connectivity index (χ1v) is 29.2. The topological polar surface area (TPSA) is 127 Å². The fraction of sp³-hybridized carbons (Fsp3) is 0.586. The third kappa shape index (κ3) is 16.2. The maximum Gasteiger partial charge on any atom is 0.179 e. The Kier molecular flexibility index (Phi) is 21.8. The zero-order chi connectivity index (χ0) is 51.1. The molecule has 402 valence electrons. The van der Waals surface area contributed by atoms with E-state index in [1.54, 1.807) is 12.1 Å². The van der Waals surface area contributed by atoms with E-state index in [0.29, 0.717) is 34.1 Å². The van der Waals surface area contributed by atoms with Gasteiger partial charge < -0.3 is 53.5 Å². The van der Waals surface area contributed by atoms with Crippen LogP contribution in [0.2, 0.25) is 0 Å². The second-order valence-electron chi connectivity index (χ2n) is 23.6. The minimum Gasteiger partial charge on any atom is -1.00 e. The van der Waals surface area contributed by atoms with E-state index < -0.39 is 54.5 Å². The molecule has 0 aromatic heterocycles. The zero-order valence-corrected chi connectivity index (χ0v) is 48.1. The Morgan fingerprint density at radius 3 is 1.11 bits per heavy atom. The largest absolute Gasteiger partial charge is 1.00 e. The molecule has 14 heteroatoms. The molecule has 10 nitrogen and oxygen atoms in total. The molecule has 2 heterocycles. The number of aliphatic hydroxyl groups is 2. The fourth-order valence-corrected chi connectivity index (χ4v) is 15.1. The van der Waals surface area contributed by atoms with Crippen LogP contribution < -0.4 is 34.3 Å². The summed E-state index contributed by atoms with van der Waals surface area (Å²) in [6, 6.07) is 26.6. The van der Waals surface area contributed by atoms with Crippen molar-refractivity contribution in [1.29, 1.82) is 0 Å². The summed E-state index contributed by atoms with van der Waals surface area (Å²) in [5.74, 6) is 0.469. The van der Waals surface area contributed by atoms with Crippen LogP contribution in [0.4, 0.5) is 0 Å².